The quantitative estimate of drug-likeness (QED) is 0.851. The first kappa shape index (κ1) is 16.6. The van der Waals surface area contributed by atoms with Crippen LogP contribution in [0.5, 0.6) is 0 Å². The smallest absolute Gasteiger partial charge is 0.311 e. The highest BCUT2D eigenvalue weighted by Crippen LogP contribution is 2.40. The molecule has 0 fully saturated rings. The van der Waals surface area contributed by atoms with Gasteiger partial charge >= 0.3 is 5.97 Å². The number of carbonyl (C=O) groups is 2. The van der Waals surface area contributed by atoms with Crippen LogP contribution in [-0.2, 0) is 22.6 Å². The van der Waals surface area contributed by atoms with Gasteiger partial charge in [0.15, 0.2) is 0 Å². The molecule has 8 heteroatoms. The van der Waals surface area contributed by atoms with Gasteiger partial charge in [-0.3, -0.25) is 19.0 Å². The molecule has 2 aromatic heterocycles. The lowest BCUT2D eigenvalue weighted by molar-refractivity contribution is -0.139. The Balaban J connectivity index is 2.05. The molecule has 24 heavy (non-hydrogen) atoms. The first-order valence-electron chi connectivity index (χ1n) is 8.03. The average Bonchev–Trinajstić information content (AvgIpc) is 2.94. The minimum Gasteiger partial charge on any atom is -0.481 e. The Morgan fingerprint density at radius 1 is 1.50 bits per heavy atom. The molecule has 0 saturated heterocycles. The molecule has 0 saturated carbocycles. The number of rotatable bonds is 5. The number of aliphatic carboxylic acids is 1. The van der Waals surface area contributed by atoms with Crippen molar-refractivity contribution in [3.63, 3.8) is 0 Å². The molecule has 1 aliphatic carbocycles. The number of nitrogens with one attached hydrogen (secondary N) is 1. The largest absolute Gasteiger partial charge is 0.481 e. The zero-order valence-corrected chi connectivity index (χ0v) is 14.2. The number of hydrogen-bond acceptors (Lipinski definition) is 5. The van der Waals surface area contributed by atoms with E-state index >= 15 is 0 Å². The van der Waals surface area contributed by atoms with Gasteiger partial charge in [-0.25, -0.2) is 4.98 Å². The highest BCUT2D eigenvalue weighted by Gasteiger charge is 2.32. The fourth-order valence-corrected chi connectivity index (χ4v) is 4.33. The second-order valence-corrected chi connectivity index (χ2v) is 7.01. The second kappa shape index (κ2) is 6.72. The Hall–Kier alpha value is -2.22. The first-order valence-corrected chi connectivity index (χ1v) is 8.84. The van der Waals surface area contributed by atoms with E-state index in [0.29, 0.717) is 28.7 Å². The number of nitrogens with zero attached hydrogens (tertiary/aromatic N) is 2. The summed E-state index contributed by atoms with van der Waals surface area (Å²) in [7, 11) is 0. The van der Waals surface area contributed by atoms with Crippen LogP contribution in [0.15, 0.2) is 11.1 Å². The van der Waals surface area contributed by atoms with E-state index in [-0.39, 0.29) is 18.0 Å². The van der Waals surface area contributed by atoms with E-state index in [1.165, 1.54) is 22.2 Å². The van der Waals surface area contributed by atoms with Crippen LogP contribution < -0.4 is 10.9 Å². The van der Waals surface area contributed by atoms with E-state index in [0.717, 1.165) is 24.1 Å². The van der Waals surface area contributed by atoms with Gasteiger partial charge in [0, 0.05) is 11.4 Å². The van der Waals surface area contributed by atoms with E-state index in [1.807, 2.05) is 6.92 Å². The molecule has 2 aromatic rings. The van der Waals surface area contributed by atoms with Crippen molar-refractivity contribution >= 4 is 33.4 Å². The molecule has 128 valence electrons. The highest BCUT2D eigenvalue weighted by molar-refractivity contribution is 7.18. The molecule has 1 aliphatic rings. The van der Waals surface area contributed by atoms with Crippen LogP contribution in [0.3, 0.4) is 0 Å². The zero-order valence-electron chi connectivity index (χ0n) is 13.4. The maximum absolute atomic E-state index is 12.8. The molecule has 3 rings (SSSR count). The van der Waals surface area contributed by atoms with E-state index in [1.54, 1.807) is 0 Å². The summed E-state index contributed by atoms with van der Waals surface area (Å²) in [5.41, 5.74) is 0.270. The van der Waals surface area contributed by atoms with Gasteiger partial charge in [0.05, 0.1) is 17.6 Å². The maximum atomic E-state index is 12.8. The number of aromatic nitrogens is 2. The molecule has 7 nitrogen and oxygen atoms in total. The fraction of sp³-hybridized carbons (Fsp3) is 0.500. The highest BCUT2D eigenvalue weighted by atomic mass is 32.1. The topological polar surface area (TPSA) is 101 Å². The Kier molecular flexibility index (Phi) is 4.66. The molecule has 2 N–H and O–H groups in total. The van der Waals surface area contributed by atoms with Gasteiger partial charge in [-0.2, -0.15) is 0 Å². The third-order valence-electron chi connectivity index (χ3n) is 4.22. The number of carboxylic acids is 1. The van der Waals surface area contributed by atoms with Crippen LogP contribution >= 0.6 is 11.3 Å². The van der Waals surface area contributed by atoms with Gasteiger partial charge < -0.3 is 10.4 Å². The summed E-state index contributed by atoms with van der Waals surface area (Å²) >= 11 is 1.39. The number of carboxylic acid groups (broad SMARTS) is 1. The van der Waals surface area contributed by atoms with Crippen molar-refractivity contribution in [2.45, 2.75) is 45.1 Å². The predicted molar refractivity (Wildman–Crippen MR) is 90.5 cm³/mol. The van der Waals surface area contributed by atoms with Gasteiger partial charge in [0.25, 0.3) is 5.56 Å². The Labute approximate surface area is 142 Å². The maximum Gasteiger partial charge on any atom is 0.311 e. The summed E-state index contributed by atoms with van der Waals surface area (Å²) in [5.74, 6) is -1.83. The number of amides is 1. The Morgan fingerprint density at radius 2 is 2.29 bits per heavy atom. The third kappa shape index (κ3) is 2.93. The van der Waals surface area contributed by atoms with Gasteiger partial charge in [-0.05, 0) is 31.2 Å². The predicted octanol–water partition coefficient (Wildman–Crippen LogP) is 1.49. The summed E-state index contributed by atoms with van der Waals surface area (Å²) in [5, 5.41) is 12.6. The Morgan fingerprint density at radius 3 is 3.00 bits per heavy atom. The van der Waals surface area contributed by atoms with Crippen molar-refractivity contribution in [1.29, 1.82) is 0 Å². The van der Waals surface area contributed by atoms with Crippen molar-refractivity contribution in [2.75, 3.05) is 6.54 Å². The standard InChI is InChI=1S/C16H19N3O4S/c1-2-6-17-11(20)7-19-8-18-14-13(15(19)21)12-9(16(22)23)4-3-5-10(12)24-14/h8-9H,2-7H2,1H3,(H,17,20)(H,22,23). The molecule has 1 amide bonds. The summed E-state index contributed by atoms with van der Waals surface area (Å²) in [6.07, 6.45) is 4.28. The van der Waals surface area contributed by atoms with Crippen molar-refractivity contribution in [1.82, 2.24) is 14.9 Å². The molecule has 0 aromatic carbocycles. The van der Waals surface area contributed by atoms with Crippen molar-refractivity contribution in [2.24, 2.45) is 0 Å². The minimum atomic E-state index is -0.911. The van der Waals surface area contributed by atoms with E-state index in [9.17, 15) is 19.5 Å². The lowest BCUT2D eigenvalue weighted by Gasteiger charge is -2.18. The molecule has 1 atom stereocenters. The second-order valence-electron chi connectivity index (χ2n) is 5.93. The van der Waals surface area contributed by atoms with Crippen LogP contribution in [0.4, 0.5) is 0 Å². The lowest BCUT2D eigenvalue weighted by Crippen LogP contribution is -2.33. The number of aryl methyl sites for hydroxylation is 1. The van der Waals surface area contributed by atoms with Gasteiger partial charge in [-0.15, -0.1) is 11.3 Å². The van der Waals surface area contributed by atoms with E-state index in [4.69, 9.17) is 0 Å². The van der Waals surface area contributed by atoms with Crippen molar-refractivity contribution in [3.8, 4) is 0 Å². The fourth-order valence-electron chi connectivity index (χ4n) is 3.09. The summed E-state index contributed by atoms with van der Waals surface area (Å²) in [6, 6.07) is 0. The summed E-state index contributed by atoms with van der Waals surface area (Å²) in [4.78, 5) is 42.0. The Bertz CT molecular complexity index is 855. The molecule has 0 radical (unpaired) electrons. The number of fused-ring (bicyclic) bond motifs is 3. The molecule has 1 unspecified atom stereocenters. The normalized spacial score (nSPS) is 16.8. The van der Waals surface area contributed by atoms with Crippen LogP contribution in [0.1, 0.15) is 42.5 Å². The van der Waals surface area contributed by atoms with Crippen LogP contribution in [0.25, 0.3) is 10.2 Å². The minimum absolute atomic E-state index is 0.107. The average molecular weight is 349 g/mol. The van der Waals surface area contributed by atoms with E-state index < -0.39 is 11.9 Å². The number of hydrogen-bond donors (Lipinski definition) is 2. The van der Waals surface area contributed by atoms with Gasteiger partial charge in [0.2, 0.25) is 5.91 Å². The van der Waals surface area contributed by atoms with Gasteiger partial charge in [-0.1, -0.05) is 6.92 Å². The van der Waals surface area contributed by atoms with Crippen LogP contribution in [0.2, 0.25) is 0 Å². The molecule has 2 heterocycles. The number of carbonyl (C=O) groups excluding carboxylic acids is 1. The monoisotopic (exact) mass is 349 g/mol. The molecule has 0 aliphatic heterocycles. The summed E-state index contributed by atoms with van der Waals surface area (Å²) in [6.45, 7) is 2.39. The van der Waals surface area contributed by atoms with Crippen LogP contribution in [-0.4, -0.2) is 33.1 Å². The van der Waals surface area contributed by atoms with E-state index in [2.05, 4.69) is 10.3 Å². The van der Waals surface area contributed by atoms with Crippen molar-refractivity contribution < 1.29 is 14.7 Å². The molecular weight excluding hydrogens is 330 g/mol. The van der Waals surface area contributed by atoms with Gasteiger partial charge in [0.1, 0.15) is 11.4 Å². The summed E-state index contributed by atoms with van der Waals surface area (Å²) < 4.78 is 1.26. The van der Waals surface area contributed by atoms with Crippen LogP contribution in [0, 0.1) is 0 Å². The SMILES string of the molecule is CCCNC(=O)Cn1cnc2sc3c(c2c1=O)C(C(=O)O)CCC3. The zero-order chi connectivity index (χ0) is 17.3. The molecular formula is C16H19N3O4S. The van der Waals surface area contributed by atoms with Crippen molar-refractivity contribution in [3.05, 3.63) is 27.1 Å². The molecule has 0 spiro atoms. The third-order valence-corrected chi connectivity index (χ3v) is 5.40. The number of thiophene rings is 1. The molecule has 0 bridgehead atoms. The lowest BCUT2D eigenvalue weighted by atomic mass is 9.86. The first-order chi connectivity index (χ1) is 11.5.